The topological polar surface area (TPSA) is 120 Å². The molecule has 0 aliphatic heterocycles. The van der Waals surface area contributed by atoms with Crippen LogP contribution in [0.15, 0.2) is 48.8 Å². The summed E-state index contributed by atoms with van der Waals surface area (Å²) in [6.07, 6.45) is 3.99. The molecule has 0 aliphatic rings. The number of hydrogen-bond donors (Lipinski definition) is 2. The molecule has 29 heavy (non-hydrogen) atoms. The van der Waals surface area contributed by atoms with Crippen LogP contribution in [0.5, 0.6) is 0 Å². The Kier molecular flexibility index (Phi) is 5.51. The lowest BCUT2D eigenvalue weighted by Crippen LogP contribution is -2.14. The summed E-state index contributed by atoms with van der Waals surface area (Å²) in [6.45, 7) is 3.99. The van der Waals surface area contributed by atoms with E-state index in [1.165, 1.54) is 23.3 Å². The van der Waals surface area contributed by atoms with Crippen molar-refractivity contribution in [2.45, 2.75) is 13.8 Å². The highest BCUT2D eigenvalue weighted by molar-refractivity contribution is 7.92. The number of nitrogens with two attached hydrogens (primary N) is 1. The smallest absolute Gasteiger partial charge is 0.250 e. The number of amides is 1. The Hall–Kier alpha value is -3.46. The molecule has 0 saturated carbocycles. The number of anilines is 1. The Balaban J connectivity index is 1.98. The molecule has 3 N–H and O–H groups in total. The third-order valence-electron chi connectivity index (χ3n) is 3.99. The molecule has 1 heterocycles. The molecular formula is C20H21N5O3S. The molecule has 150 valence electrons. The third kappa shape index (κ3) is 5.29. The van der Waals surface area contributed by atoms with E-state index in [2.05, 4.69) is 20.9 Å². The first-order chi connectivity index (χ1) is 13.6. The van der Waals surface area contributed by atoms with E-state index in [1.54, 1.807) is 18.2 Å². The first-order valence-electron chi connectivity index (χ1n) is 8.70. The van der Waals surface area contributed by atoms with Gasteiger partial charge in [0.15, 0.2) is 5.82 Å². The number of rotatable bonds is 6. The maximum atomic E-state index is 12.0. The van der Waals surface area contributed by atoms with Crippen molar-refractivity contribution in [3.8, 4) is 11.4 Å². The van der Waals surface area contributed by atoms with E-state index in [9.17, 15) is 13.2 Å². The number of benzene rings is 2. The zero-order valence-corrected chi connectivity index (χ0v) is 17.1. The van der Waals surface area contributed by atoms with Crippen LogP contribution < -0.4 is 10.5 Å². The second-order valence-electron chi connectivity index (χ2n) is 6.79. The van der Waals surface area contributed by atoms with E-state index in [-0.39, 0.29) is 5.57 Å². The molecule has 0 unspecified atom stereocenters. The molecule has 1 amide bonds. The number of aromatic nitrogens is 3. The Morgan fingerprint density at radius 3 is 2.45 bits per heavy atom. The quantitative estimate of drug-likeness (QED) is 0.604. The highest BCUT2D eigenvalue weighted by Crippen LogP contribution is 2.22. The van der Waals surface area contributed by atoms with Gasteiger partial charge in [0.2, 0.25) is 10.0 Å². The Labute approximate surface area is 169 Å². The van der Waals surface area contributed by atoms with Gasteiger partial charge in [0.05, 0.1) is 11.8 Å². The number of hydrogen-bond acceptors (Lipinski definition) is 5. The molecular weight excluding hydrogens is 390 g/mol. The Morgan fingerprint density at radius 2 is 1.83 bits per heavy atom. The van der Waals surface area contributed by atoms with E-state index >= 15 is 0 Å². The molecule has 3 aromatic rings. The fraction of sp³-hybridized carbons (Fsp3) is 0.150. The van der Waals surface area contributed by atoms with Crippen molar-refractivity contribution in [1.29, 1.82) is 0 Å². The monoisotopic (exact) mass is 411 g/mol. The van der Waals surface area contributed by atoms with Crippen LogP contribution in [0.25, 0.3) is 23.2 Å². The summed E-state index contributed by atoms with van der Waals surface area (Å²) in [4.78, 5) is 16.3. The lowest BCUT2D eigenvalue weighted by molar-refractivity contribution is -0.112. The van der Waals surface area contributed by atoms with Crippen LogP contribution in [0.4, 0.5) is 5.69 Å². The zero-order chi connectivity index (χ0) is 21.2. The largest absolute Gasteiger partial charge is 0.366 e. The van der Waals surface area contributed by atoms with Gasteiger partial charge in [0, 0.05) is 17.5 Å². The van der Waals surface area contributed by atoms with Crippen LogP contribution in [-0.2, 0) is 14.8 Å². The standard InChI is InChI=1S/C20H21N5O3S/c1-13-7-14(2)9-16(8-13)20-22-12-25(23-20)11-18(19(21)26)15-5-4-6-17(10-15)24-29(3,27)28/h4-12,24H,1-3H3,(H2,21,26)/b18-11+. The lowest BCUT2D eigenvalue weighted by atomic mass is 10.1. The van der Waals surface area contributed by atoms with E-state index in [0.29, 0.717) is 17.1 Å². The van der Waals surface area contributed by atoms with Gasteiger partial charge in [-0.3, -0.25) is 9.52 Å². The molecule has 0 atom stereocenters. The number of nitrogens with one attached hydrogen (secondary N) is 1. The van der Waals surface area contributed by atoms with Gasteiger partial charge in [-0.05, 0) is 43.7 Å². The predicted molar refractivity (Wildman–Crippen MR) is 113 cm³/mol. The summed E-state index contributed by atoms with van der Waals surface area (Å²) in [5.74, 6) is -0.158. The van der Waals surface area contributed by atoms with E-state index < -0.39 is 15.9 Å². The maximum absolute atomic E-state index is 12.0. The van der Waals surface area contributed by atoms with E-state index in [1.807, 2.05) is 26.0 Å². The molecule has 0 saturated heterocycles. The average Bonchev–Trinajstić information content (AvgIpc) is 3.06. The predicted octanol–water partition coefficient (Wildman–Crippen LogP) is 2.42. The van der Waals surface area contributed by atoms with E-state index in [0.717, 1.165) is 22.9 Å². The van der Waals surface area contributed by atoms with Gasteiger partial charge in [-0.2, -0.15) is 0 Å². The van der Waals surface area contributed by atoms with Gasteiger partial charge >= 0.3 is 0 Å². The van der Waals surface area contributed by atoms with Crippen LogP contribution in [-0.4, -0.2) is 35.3 Å². The first-order valence-corrected chi connectivity index (χ1v) is 10.6. The van der Waals surface area contributed by atoms with Crippen LogP contribution in [0.3, 0.4) is 0 Å². The number of carbonyl (C=O) groups excluding carboxylic acids is 1. The van der Waals surface area contributed by atoms with Crippen molar-refractivity contribution in [2.75, 3.05) is 11.0 Å². The van der Waals surface area contributed by atoms with Crippen molar-refractivity contribution in [1.82, 2.24) is 14.8 Å². The summed E-state index contributed by atoms with van der Waals surface area (Å²) in [6, 6.07) is 12.4. The van der Waals surface area contributed by atoms with Crippen LogP contribution in [0, 0.1) is 13.8 Å². The molecule has 3 rings (SSSR count). The van der Waals surface area contributed by atoms with Gasteiger partial charge < -0.3 is 5.73 Å². The summed E-state index contributed by atoms with van der Waals surface area (Å²) in [5.41, 5.74) is 9.55. The summed E-state index contributed by atoms with van der Waals surface area (Å²) >= 11 is 0. The molecule has 8 nitrogen and oxygen atoms in total. The van der Waals surface area contributed by atoms with Gasteiger partial charge in [0.25, 0.3) is 5.91 Å². The summed E-state index contributed by atoms with van der Waals surface area (Å²) in [7, 11) is -3.45. The molecule has 0 fully saturated rings. The first kappa shape index (κ1) is 20.3. The minimum absolute atomic E-state index is 0.166. The molecule has 9 heteroatoms. The SMILES string of the molecule is Cc1cc(C)cc(-c2ncn(/C=C(/C(N)=O)c3cccc(NS(C)(=O)=O)c3)n2)c1. The van der Waals surface area contributed by atoms with Crippen molar-refractivity contribution in [3.63, 3.8) is 0 Å². The van der Waals surface area contributed by atoms with E-state index in [4.69, 9.17) is 5.73 Å². The van der Waals surface area contributed by atoms with Crippen LogP contribution in [0.2, 0.25) is 0 Å². The van der Waals surface area contributed by atoms with Gasteiger partial charge in [-0.15, -0.1) is 5.10 Å². The van der Waals surface area contributed by atoms with Crippen LogP contribution >= 0.6 is 0 Å². The van der Waals surface area contributed by atoms with Gasteiger partial charge in [0.1, 0.15) is 6.33 Å². The summed E-state index contributed by atoms with van der Waals surface area (Å²) in [5, 5.41) is 4.40. The second-order valence-corrected chi connectivity index (χ2v) is 8.54. The number of sulfonamides is 1. The third-order valence-corrected chi connectivity index (χ3v) is 4.60. The fourth-order valence-corrected chi connectivity index (χ4v) is 3.51. The lowest BCUT2D eigenvalue weighted by Gasteiger charge is -2.08. The Bertz CT molecular complexity index is 1190. The second kappa shape index (κ2) is 7.88. The average molecular weight is 411 g/mol. The van der Waals surface area contributed by atoms with Gasteiger partial charge in [-0.1, -0.05) is 29.3 Å². The van der Waals surface area contributed by atoms with Gasteiger partial charge in [-0.25, -0.2) is 18.1 Å². The maximum Gasteiger partial charge on any atom is 0.250 e. The van der Waals surface area contributed by atoms with Crippen molar-refractivity contribution >= 4 is 33.4 Å². The van der Waals surface area contributed by atoms with Crippen molar-refractivity contribution in [2.24, 2.45) is 5.73 Å². The van der Waals surface area contributed by atoms with Crippen LogP contribution in [0.1, 0.15) is 16.7 Å². The molecule has 0 bridgehead atoms. The minimum Gasteiger partial charge on any atom is -0.366 e. The number of nitrogens with zero attached hydrogens (tertiary/aromatic N) is 3. The highest BCUT2D eigenvalue weighted by atomic mass is 32.2. The minimum atomic E-state index is -3.45. The molecule has 1 aromatic heterocycles. The van der Waals surface area contributed by atoms with Crippen molar-refractivity contribution < 1.29 is 13.2 Å². The van der Waals surface area contributed by atoms with Crippen molar-refractivity contribution in [3.05, 3.63) is 65.5 Å². The molecule has 2 aromatic carbocycles. The fourth-order valence-electron chi connectivity index (χ4n) is 2.95. The molecule has 0 spiro atoms. The highest BCUT2D eigenvalue weighted by Gasteiger charge is 2.12. The molecule has 0 radical (unpaired) electrons. The molecule has 0 aliphatic carbocycles. The normalized spacial score (nSPS) is 12.0. The number of aryl methyl sites for hydroxylation is 2. The summed E-state index contributed by atoms with van der Waals surface area (Å²) < 4.78 is 26.7. The number of primary amides is 1. The zero-order valence-electron chi connectivity index (χ0n) is 16.2. The Morgan fingerprint density at radius 1 is 1.14 bits per heavy atom. The number of carbonyl (C=O) groups is 1.